The standard InChI is InChI=1S/C27H30ClN3O2/c1-2-18-33-25-8-5-7-21(19-25)27(32)29-23-10-12-24(13-11-23)31-16-14-30(15-17-31)20-22-6-3-4-9-26(22)28/h3-13,19H,2,14-18,20H2,1H3,(H,29,32). The number of amides is 1. The van der Waals surface area contributed by atoms with Gasteiger partial charge in [0.2, 0.25) is 0 Å². The largest absolute Gasteiger partial charge is 0.494 e. The smallest absolute Gasteiger partial charge is 0.255 e. The Morgan fingerprint density at radius 2 is 1.73 bits per heavy atom. The second kappa shape index (κ2) is 11.2. The van der Waals surface area contributed by atoms with Crippen LogP contribution < -0.4 is 15.0 Å². The van der Waals surface area contributed by atoms with E-state index in [-0.39, 0.29) is 5.91 Å². The maximum Gasteiger partial charge on any atom is 0.255 e. The monoisotopic (exact) mass is 463 g/mol. The molecule has 3 aromatic rings. The van der Waals surface area contributed by atoms with Gasteiger partial charge in [0.15, 0.2) is 0 Å². The molecule has 33 heavy (non-hydrogen) atoms. The van der Waals surface area contributed by atoms with E-state index in [1.165, 1.54) is 11.3 Å². The summed E-state index contributed by atoms with van der Waals surface area (Å²) in [6, 6.07) is 23.4. The minimum absolute atomic E-state index is 0.141. The molecular formula is C27H30ClN3O2. The first-order valence-electron chi connectivity index (χ1n) is 11.5. The van der Waals surface area contributed by atoms with Crippen molar-refractivity contribution in [3.05, 3.63) is 88.9 Å². The number of nitrogens with one attached hydrogen (secondary N) is 1. The number of carbonyl (C=O) groups is 1. The fourth-order valence-electron chi connectivity index (χ4n) is 3.94. The molecule has 1 aliphatic rings. The van der Waals surface area contributed by atoms with Crippen LogP contribution in [-0.2, 0) is 6.54 Å². The van der Waals surface area contributed by atoms with Gasteiger partial charge in [0, 0.05) is 54.7 Å². The van der Waals surface area contributed by atoms with Gasteiger partial charge < -0.3 is 15.0 Å². The first kappa shape index (κ1) is 23.1. The molecule has 1 fully saturated rings. The summed E-state index contributed by atoms with van der Waals surface area (Å²) in [5.41, 5.74) is 3.71. The maximum atomic E-state index is 12.6. The zero-order chi connectivity index (χ0) is 23.0. The van der Waals surface area contributed by atoms with Gasteiger partial charge in [0.1, 0.15) is 5.75 Å². The van der Waals surface area contributed by atoms with E-state index < -0.39 is 0 Å². The lowest BCUT2D eigenvalue weighted by atomic mass is 10.1. The van der Waals surface area contributed by atoms with E-state index in [4.69, 9.17) is 16.3 Å². The number of hydrogen-bond donors (Lipinski definition) is 1. The van der Waals surface area contributed by atoms with Gasteiger partial charge in [0.05, 0.1) is 6.61 Å². The second-order valence-corrected chi connectivity index (χ2v) is 8.64. The van der Waals surface area contributed by atoms with Crippen molar-refractivity contribution in [1.29, 1.82) is 0 Å². The van der Waals surface area contributed by atoms with Crippen LogP contribution in [0.3, 0.4) is 0 Å². The molecule has 0 aliphatic carbocycles. The molecule has 1 heterocycles. The Kier molecular flexibility index (Phi) is 7.87. The van der Waals surface area contributed by atoms with Crippen molar-refractivity contribution in [3.8, 4) is 5.75 Å². The van der Waals surface area contributed by atoms with Crippen LogP contribution in [0.2, 0.25) is 5.02 Å². The molecule has 1 amide bonds. The first-order valence-corrected chi connectivity index (χ1v) is 11.8. The lowest BCUT2D eigenvalue weighted by molar-refractivity contribution is 0.102. The van der Waals surface area contributed by atoms with Crippen LogP contribution in [0.15, 0.2) is 72.8 Å². The quantitative estimate of drug-likeness (QED) is 0.465. The highest BCUT2D eigenvalue weighted by Crippen LogP contribution is 2.22. The number of ether oxygens (including phenoxy) is 1. The molecule has 4 rings (SSSR count). The molecule has 0 spiro atoms. The summed E-state index contributed by atoms with van der Waals surface area (Å²) in [6.07, 6.45) is 0.930. The highest BCUT2D eigenvalue weighted by molar-refractivity contribution is 6.31. The predicted molar refractivity (Wildman–Crippen MR) is 136 cm³/mol. The van der Waals surface area contributed by atoms with Gasteiger partial charge in [-0.15, -0.1) is 0 Å². The maximum absolute atomic E-state index is 12.6. The third-order valence-electron chi connectivity index (χ3n) is 5.78. The van der Waals surface area contributed by atoms with E-state index in [2.05, 4.69) is 40.2 Å². The van der Waals surface area contributed by atoms with Crippen LogP contribution in [-0.4, -0.2) is 43.6 Å². The summed E-state index contributed by atoms with van der Waals surface area (Å²) >= 11 is 6.31. The third kappa shape index (κ3) is 6.28. The first-order chi connectivity index (χ1) is 16.1. The summed E-state index contributed by atoms with van der Waals surface area (Å²) in [6.45, 7) is 7.46. The van der Waals surface area contributed by atoms with Gasteiger partial charge in [-0.3, -0.25) is 9.69 Å². The molecule has 1 N–H and O–H groups in total. The molecule has 1 saturated heterocycles. The molecule has 0 radical (unpaired) electrons. The molecule has 0 atom stereocenters. The lowest BCUT2D eigenvalue weighted by Gasteiger charge is -2.36. The van der Waals surface area contributed by atoms with Gasteiger partial charge in [0.25, 0.3) is 5.91 Å². The molecule has 6 heteroatoms. The SMILES string of the molecule is CCCOc1cccc(C(=O)Nc2ccc(N3CCN(Cc4ccccc4Cl)CC3)cc2)c1. The van der Waals surface area contributed by atoms with Crippen molar-refractivity contribution < 1.29 is 9.53 Å². The van der Waals surface area contributed by atoms with Gasteiger partial charge in [-0.25, -0.2) is 0 Å². The summed E-state index contributed by atoms with van der Waals surface area (Å²) in [4.78, 5) is 17.5. The van der Waals surface area contributed by atoms with E-state index in [1.807, 2.05) is 42.5 Å². The summed E-state index contributed by atoms with van der Waals surface area (Å²) in [5.74, 6) is 0.575. The molecule has 0 saturated carbocycles. The van der Waals surface area contributed by atoms with Crippen LogP contribution in [0.4, 0.5) is 11.4 Å². The van der Waals surface area contributed by atoms with E-state index in [1.54, 1.807) is 12.1 Å². The average Bonchev–Trinajstić information content (AvgIpc) is 2.85. The Morgan fingerprint density at radius 1 is 0.970 bits per heavy atom. The molecule has 0 aromatic heterocycles. The fraction of sp³-hybridized carbons (Fsp3) is 0.296. The molecule has 3 aromatic carbocycles. The number of nitrogens with zero attached hydrogens (tertiary/aromatic N) is 2. The topological polar surface area (TPSA) is 44.8 Å². The van der Waals surface area contributed by atoms with Gasteiger partial charge in [-0.1, -0.05) is 42.8 Å². The van der Waals surface area contributed by atoms with Crippen molar-refractivity contribution in [2.45, 2.75) is 19.9 Å². The molecule has 1 aliphatic heterocycles. The van der Waals surface area contributed by atoms with Crippen molar-refractivity contribution in [3.63, 3.8) is 0 Å². The molecular weight excluding hydrogens is 434 g/mol. The Hall–Kier alpha value is -3.02. The minimum Gasteiger partial charge on any atom is -0.494 e. The van der Waals surface area contributed by atoms with Crippen LogP contribution in [0.1, 0.15) is 29.3 Å². The minimum atomic E-state index is -0.141. The van der Waals surface area contributed by atoms with Crippen molar-refractivity contribution in [2.75, 3.05) is 43.0 Å². The number of piperazine rings is 1. The normalized spacial score (nSPS) is 14.2. The highest BCUT2D eigenvalue weighted by Gasteiger charge is 2.18. The number of halogens is 1. The van der Waals surface area contributed by atoms with Crippen LogP contribution >= 0.6 is 11.6 Å². The molecule has 172 valence electrons. The molecule has 0 bridgehead atoms. The van der Waals surface area contributed by atoms with E-state index in [0.29, 0.717) is 17.9 Å². The number of anilines is 2. The summed E-state index contributed by atoms with van der Waals surface area (Å²) < 4.78 is 5.63. The van der Waals surface area contributed by atoms with E-state index in [0.717, 1.165) is 49.9 Å². The van der Waals surface area contributed by atoms with Crippen LogP contribution in [0.25, 0.3) is 0 Å². The Balaban J connectivity index is 1.30. The summed E-state index contributed by atoms with van der Waals surface area (Å²) in [7, 11) is 0. The van der Waals surface area contributed by atoms with Gasteiger partial charge in [-0.2, -0.15) is 0 Å². The average molecular weight is 464 g/mol. The van der Waals surface area contributed by atoms with Crippen molar-refractivity contribution in [1.82, 2.24) is 4.90 Å². The number of benzene rings is 3. The number of rotatable bonds is 8. The Labute approximate surface area is 200 Å². The number of carbonyl (C=O) groups excluding carboxylic acids is 1. The molecule has 5 nitrogen and oxygen atoms in total. The summed E-state index contributed by atoms with van der Waals surface area (Å²) in [5, 5.41) is 3.81. The number of hydrogen-bond acceptors (Lipinski definition) is 4. The zero-order valence-corrected chi connectivity index (χ0v) is 19.7. The van der Waals surface area contributed by atoms with E-state index >= 15 is 0 Å². The van der Waals surface area contributed by atoms with Gasteiger partial charge >= 0.3 is 0 Å². The van der Waals surface area contributed by atoms with Gasteiger partial charge in [-0.05, 0) is 60.5 Å². The van der Waals surface area contributed by atoms with Crippen molar-refractivity contribution >= 4 is 28.9 Å². The third-order valence-corrected chi connectivity index (χ3v) is 6.15. The fourth-order valence-corrected chi connectivity index (χ4v) is 4.13. The predicted octanol–water partition coefficient (Wildman–Crippen LogP) is 5.70. The lowest BCUT2D eigenvalue weighted by Crippen LogP contribution is -2.46. The highest BCUT2D eigenvalue weighted by atomic mass is 35.5. The Morgan fingerprint density at radius 3 is 2.45 bits per heavy atom. The zero-order valence-electron chi connectivity index (χ0n) is 19.0. The van der Waals surface area contributed by atoms with Crippen molar-refractivity contribution in [2.24, 2.45) is 0 Å². The van der Waals surface area contributed by atoms with Crippen LogP contribution in [0.5, 0.6) is 5.75 Å². The van der Waals surface area contributed by atoms with E-state index in [9.17, 15) is 4.79 Å². The van der Waals surface area contributed by atoms with Crippen LogP contribution in [0, 0.1) is 0 Å². The molecule has 0 unspecified atom stereocenters. The Bertz CT molecular complexity index is 1060. The second-order valence-electron chi connectivity index (χ2n) is 8.23.